The van der Waals surface area contributed by atoms with Gasteiger partial charge in [0.25, 0.3) is 0 Å². The Balaban J connectivity index is 1.59. The third-order valence-electron chi connectivity index (χ3n) is 5.43. The van der Waals surface area contributed by atoms with Crippen LogP contribution in [0.1, 0.15) is 43.3 Å². The van der Waals surface area contributed by atoms with Crippen LogP contribution in [0.5, 0.6) is 0 Å². The van der Waals surface area contributed by atoms with Crippen molar-refractivity contribution in [1.29, 1.82) is 0 Å². The predicted molar refractivity (Wildman–Crippen MR) is 81.2 cm³/mol. The van der Waals surface area contributed by atoms with E-state index in [4.69, 9.17) is 9.15 Å². The van der Waals surface area contributed by atoms with Crippen molar-refractivity contribution in [3.63, 3.8) is 0 Å². The van der Waals surface area contributed by atoms with E-state index in [1.807, 2.05) is 20.8 Å². The fourth-order valence-electron chi connectivity index (χ4n) is 4.03. The van der Waals surface area contributed by atoms with Crippen LogP contribution in [-0.2, 0) is 11.3 Å². The summed E-state index contributed by atoms with van der Waals surface area (Å²) in [5.74, 6) is 2.02. The van der Waals surface area contributed by atoms with Gasteiger partial charge in [0, 0.05) is 30.6 Å². The Morgan fingerprint density at radius 2 is 2.10 bits per heavy atom. The van der Waals surface area contributed by atoms with Crippen LogP contribution >= 0.6 is 0 Å². The van der Waals surface area contributed by atoms with E-state index in [1.54, 1.807) is 0 Å². The van der Waals surface area contributed by atoms with Crippen molar-refractivity contribution in [3.05, 3.63) is 23.2 Å². The maximum atomic E-state index is 10.2. The largest absolute Gasteiger partial charge is 0.466 e. The van der Waals surface area contributed by atoms with Crippen LogP contribution in [0.3, 0.4) is 0 Å². The molecule has 2 atom stereocenters. The quantitative estimate of drug-likeness (QED) is 0.927. The molecule has 1 saturated carbocycles. The number of nitrogens with zero attached hydrogens (tertiary/aromatic N) is 1. The molecule has 2 unspecified atom stereocenters. The van der Waals surface area contributed by atoms with Crippen LogP contribution in [0.25, 0.3) is 0 Å². The van der Waals surface area contributed by atoms with Crippen LogP contribution in [-0.4, -0.2) is 41.9 Å². The Labute approximate surface area is 127 Å². The lowest BCUT2D eigenvalue weighted by Gasteiger charge is -2.56. The normalized spacial score (nSPS) is 28.8. The molecule has 0 bridgehead atoms. The van der Waals surface area contributed by atoms with Crippen molar-refractivity contribution in [3.8, 4) is 0 Å². The van der Waals surface area contributed by atoms with E-state index in [0.29, 0.717) is 0 Å². The molecule has 1 aliphatic carbocycles. The highest BCUT2D eigenvalue weighted by Gasteiger charge is 2.55. The Kier molecular flexibility index (Phi) is 4.12. The van der Waals surface area contributed by atoms with E-state index in [2.05, 4.69) is 11.0 Å². The second-order valence-electron chi connectivity index (χ2n) is 6.64. The van der Waals surface area contributed by atoms with Crippen LogP contribution in [0.15, 0.2) is 10.5 Å². The average Bonchev–Trinajstić information content (AvgIpc) is 2.77. The van der Waals surface area contributed by atoms with Crippen LogP contribution in [0, 0.1) is 19.3 Å². The molecule has 3 rings (SSSR count). The molecule has 4 nitrogen and oxygen atoms in total. The molecule has 118 valence electrons. The van der Waals surface area contributed by atoms with Gasteiger partial charge in [0.15, 0.2) is 0 Å². The molecule has 2 heterocycles. The van der Waals surface area contributed by atoms with E-state index in [-0.39, 0.29) is 17.6 Å². The van der Waals surface area contributed by atoms with Gasteiger partial charge >= 0.3 is 0 Å². The lowest BCUT2D eigenvalue weighted by molar-refractivity contribution is -0.209. The number of rotatable bonds is 4. The van der Waals surface area contributed by atoms with Crippen molar-refractivity contribution in [2.45, 2.75) is 58.8 Å². The molecule has 2 fully saturated rings. The number of hydrogen-bond donors (Lipinski definition) is 1. The van der Waals surface area contributed by atoms with Crippen molar-refractivity contribution < 1.29 is 14.3 Å². The van der Waals surface area contributed by atoms with Crippen molar-refractivity contribution >= 4 is 0 Å². The zero-order chi connectivity index (χ0) is 15.0. The number of hydrogen-bond acceptors (Lipinski definition) is 4. The molecular formula is C17H27NO3. The van der Waals surface area contributed by atoms with Gasteiger partial charge in [0.05, 0.1) is 12.2 Å². The van der Waals surface area contributed by atoms with Gasteiger partial charge in [-0.25, -0.2) is 0 Å². The monoisotopic (exact) mass is 293 g/mol. The van der Waals surface area contributed by atoms with Gasteiger partial charge in [-0.05, 0) is 52.8 Å². The number of likely N-dealkylation sites (tertiary alicyclic amines) is 1. The van der Waals surface area contributed by atoms with Crippen molar-refractivity contribution in [1.82, 2.24) is 4.90 Å². The zero-order valence-electron chi connectivity index (χ0n) is 13.4. The average molecular weight is 293 g/mol. The predicted octanol–water partition coefficient (Wildman–Crippen LogP) is 2.65. The van der Waals surface area contributed by atoms with Crippen LogP contribution in [0.2, 0.25) is 0 Å². The molecule has 1 aliphatic heterocycles. The minimum absolute atomic E-state index is 0.0217. The number of aryl methyl sites for hydroxylation is 2. The summed E-state index contributed by atoms with van der Waals surface area (Å²) in [5, 5.41) is 10.2. The smallest absolute Gasteiger partial charge is 0.105 e. The summed E-state index contributed by atoms with van der Waals surface area (Å²) in [4.78, 5) is 2.47. The molecule has 0 radical (unpaired) electrons. The Hall–Kier alpha value is -0.840. The maximum absolute atomic E-state index is 10.2. The van der Waals surface area contributed by atoms with Gasteiger partial charge in [-0.2, -0.15) is 0 Å². The first-order valence-corrected chi connectivity index (χ1v) is 8.13. The summed E-state index contributed by atoms with van der Waals surface area (Å²) in [6.45, 7) is 9.84. The lowest BCUT2D eigenvalue weighted by Crippen LogP contribution is -2.62. The Morgan fingerprint density at radius 3 is 2.62 bits per heavy atom. The van der Waals surface area contributed by atoms with Gasteiger partial charge < -0.3 is 14.3 Å². The molecular weight excluding hydrogens is 266 g/mol. The molecule has 21 heavy (non-hydrogen) atoms. The van der Waals surface area contributed by atoms with Crippen molar-refractivity contribution in [2.24, 2.45) is 5.41 Å². The molecule has 2 aliphatic rings. The fraction of sp³-hybridized carbons (Fsp3) is 0.765. The number of piperidine rings is 1. The topological polar surface area (TPSA) is 45.8 Å². The molecule has 1 spiro atoms. The first-order chi connectivity index (χ1) is 10.0. The van der Waals surface area contributed by atoms with Crippen molar-refractivity contribution in [2.75, 3.05) is 19.7 Å². The summed E-state index contributed by atoms with van der Waals surface area (Å²) in [5.41, 5.74) is 1.31. The minimum Gasteiger partial charge on any atom is -0.466 e. The third-order valence-corrected chi connectivity index (χ3v) is 5.43. The number of ether oxygens (including phenoxy) is 1. The zero-order valence-corrected chi connectivity index (χ0v) is 13.4. The van der Waals surface area contributed by atoms with Crippen LogP contribution < -0.4 is 0 Å². The van der Waals surface area contributed by atoms with Gasteiger partial charge in [0.2, 0.25) is 0 Å². The highest BCUT2D eigenvalue weighted by molar-refractivity contribution is 5.20. The van der Waals surface area contributed by atoms with E-state index in [0.717, 1.165) is 57.0 Å². The molecule has 4 heteroatoms. The van der Waals surface area contributed by atoms with E-state index < -0.39 is 0 Å². The molecule has 0 amide bonds. The van der Waals surface area contributed by atoms with E-state index in [1.165, 1.54) is 5.56 Å². The van der Waals surface area contributed by atoms with Gasteiger partial charge in [0.1, 0.15) is 11.5 Å². The summed E-state index contributed by atoms with van der Waals surface area (Å²) in [6.07, 6.45) is 2.98. The highest BCUT2D eigenvalue weighted by atomic mass is 16.5. The Bertz CT molecular complexity index is 486. The maximum Gasteiger partial charge on any atom is 0.105 e. The molecule has 1 aromatic rings. The molecule has 1 saturated heterocycles. The standard InChI is InChI=1S/C17H27NO3/c1-4-20-16-10-15(19)17(16)5-7-18(8-6-17)11-14-9-12(2)21-13(14)3/h9,15-16,19H,4-8,10-11H2,1-3H3. The first kappa shape index (κ1) is 15.1. The summed E-state index contributed by atoms with van der Waals surface area (Å²) < 4.78 is 11.4. The van der Waals surface area contributed by atoms with E-state index in [9.17, 15) is 5.11 Å². The van der Waals surface area contributed by atoms with Gasteiger partial charge in [-0.3, -0.25) is 4.90 Å². The molecule has 1 aromatic heterocycles. The van der Waals surface area contributed by atoms with Gasteiger partial charge in [-0.1, -0.05) is 0 Å². The Morgan fingerprint density at radius 1 is 1.38 bits per heavy atom. The molecule has 1 N–H and O–H groups in total. The second-order valence-corrected chi connectivity index (χ2v) is 6.64. The number of furan rings is 1. The SMILES string of the molecule is CCOC1CC(O)C12CCN(Cc1cc(C)oc1C)CC2. The summed E-state index contributed by atoms with van der Waals surface area (Å²) in [6, 6.07) is 2.14. The second kappa shape index (κ2) is 5.75. The number of aliphatic hydroxyl groups excluding tert-OH is 1. The summed E-state index contributed by atoms with van der Waals surface area (Å²) >= 11 is 0. The first-order valence-electron chi connectivity index (χ1n) is 8.13. The third kappa shape index (κ3) is 2.65. The minimum atomic E-state index is -0.172. The fourth-order valence-corrected chi connectivity index (χ4v) is 4.03. The van der Waals surface area contributed by atoms with Gasteiger partial charge in [-0.15, -0.1) is 0 Å². The van der Waals surface area contributed by atoms with E-state index >= 15 is 0 Å². The molecule has 0 aromatic carbocycles. The lowest BCUT2D eigenvalue weighted by atomic mass is 9.58. The van der Waals surface area contributed by atoms with Crippen LogP contribution in [0.4, 0.5) is 0 Å². The summed E-state index contributed by atoms with van der Waals surface area (Å²) in [7, 11) is 0. The number of aliphatic hydroxyl groups is 1. The highest BCUT2D eigenvalue weighted by Crippen LogP contribution is 2.51.